The van der Waals surface area contributed by atoms with Crippen molar-refractivity contribution in [2.45, 2.75) is 31.9 Å². The average molecular weight is 258 g/mol. The predicted molar refractivity (Wildman–Crippen MR) is 72.2 cm³/mol. The van der Waals surface area contributed by atoms with Crippen LogP contribution in [0.4, 0.5) is 0 Å². The van der Waals surface area contributed by atoms with E-state index < -0.39 is 6.10 Å². The fraction of sp³-hybridized carbons (Fsp3) is 0.400. The molecule has 1 aromatic heterocycles. The molecule has 0 radical (unpaired) electrons. The maximum atomic E-state index is 10.5. The van der Waals surface area contributed by atoms with Gasteiger partial charge in [0.25, 0.3) is 0 Å². The van der Waals surface area contributed by atoms with E-state index >= 15 is 0 Å². The van der Waals surface area contributed by atoms with Gasteiger partial charge in [0, 0.05) is 6.04 Å². The van der Waals surface area contributed by atoms with Gasteiger partial charge < -0.3 is 14.4 Å². The lowest BCUT2D eigenvalue weighted by Gasteiger charge is -2.14. The largest absolute Gasteiger partial charge is 0.494 e. The zero-order valence-corrected chi connectivity index (χ0v) is 11.0. The first-order valence-electron chi connectivity index (χ1n) is 6.72. The van der Waals surface area contributed by atoms with Gasteiger partial charge in [-0.2, -0.15) is 0 Å². The fourth-order valence-corrected chi connectivity index (χ4v) is 2.27. The molecule has 19 heavy (non-hydrogen) atoms. The summed E-state index contributed by atoms with van der Waals surface area (Å²) in [6.07, 6.45) is 5.29. The Bertz CT molecular complexity index is 544. The minimum Gasteiger partial charge on any atom is -0.494 e. The summed E-state index contributed by atoms with van der Waals surface area (Å²) in [4.78, 5) is 4.16. The monoisotopic (exact) mass is 258 g/mol. The summed E-state index contributed by atoms with van der Waals surface area (Å²) in [6, 6.07) is 8.11. The molecule has 4 heteroatoms. The molecule has 4 nitrogen and oxygen atoms in total. The third-order valence-corrected chi connectivity index (χ3v) is 3.42. The number of rotatable bonds is 5. The highest BCUT2D eigenvalue weighted by atomic mass is 16.5. The van der Waals surface area contributed by atoms with E-state index in [1.54, 1.807) is 6.20 Å². The van der Waals surface area contributed by atoms with Crippen molar-refractivity contribution in [2.75, 3.05) is 6.61 Å². The second-order valence-corrected chi connectivity index (χ2v) is 4.86. The Labute approximate surface area is 112 Å². The third-order valence-electron chi connectivity index (χ3n) is 3.42. The lowest BCUT2D eigenvalue weighted by Crippen LogP contribution is -2.07. The Balaban J connectivity index is 1.82. The van der Waals surface area contributed by atoms with E-state index in [1.807, 2.05) is 37.5 Å². The molecule has 1 heterocycles. The normalized spacial score (nSPS) is 16.3. The van der Waals surface area contributed by atoms with Crippen molar-refractivity contribution in [2.24, 2.45) is 0 Å². The number of ether oxygens (including phenoxy) is 1. The Morgan fingerprint density at radius 2 is 2.11 bits per heavy atom. The van der Waals surface area contributed by atoms with E-state index in [4.69, 9.17) is 4.74 Å². The molecule has 1 unspecified atom stereocenters. The van der Waals surface area contributed by atoms with Gasteiger partial charge in [0.2, 0.25) is 0 Å². The lowest BCUT2D eigenvalue weighted by molar-refractivity contribution is 0.209. The first-order chi connectivity index (χ1) is 9.29. The van der Waals surface area contributed by atoms with Gasteiger partial charge in [-0.15, -0.1) is 0 Å². The van der Waals surface area contributed by atoms with Crippen LogP contribution in [0.3, 0.4) is 0 Å². The van der Waals surface area contributed by atoms with Crippen LogP contribution in [0.2, 0.25) is 0 Å². The molecular weight excluding hydrogens is 240 g/mol. The number of aliphatic hydroxyl groups is 1. The molecule has 1 N–H and O–H groups in total. The summed E-state index contributed by atoms with van der Waals surface area (Å²) in [6.45, 7) is 2.60. The van der Waals surface area contributed by atoms with Gasteiger partial charge in [0.15, 0.2) is 0 Å². The number of hydrogen-bond donors (Lipinski definition) is 1. The van der Waals surface area contributed by atoms with Crippen LogP contribution >= 0.6 is 0 Å². The van der Waals surface area contributed by atoms with E-state index in [9.17, 15) is 5.11 Å². The summed E-state index contributed by atoms with van der Waals surface area (Å²) in [5.74, 6) is 0.828. The van der Waals surface area contributed by atoms with Gasteiger partial charge in [-0.05, 0) is 37.5 Å². The van der Waals surface area contributed by atoms with Crippen molar-refractivity contribution >= 4 is 0 Å². The minimum atomic E-state index is -0.626. The van der Waals surface area contributed by atoms with Gasteiger partial charge in [-0.3, -0.25) is 0 Å². The van der Waals surface area contributed by atoms with Crippen molar-refractivity contribution in [3.8, 4) is 5.75 Å². The fourth-order valence-electron chi connectivity index (χ4n) is 2.27. The summed E-state index contributed by atoms with van der Waals surface area (Å²) in [5.41, 5.74) is 1.73. The lowest BCUT2D eigenvalue weighted by atomic mass is 10.1. The first-order valence-corrected chi connectivity index (χ1v) is 6.72. The number of hydrogen-bond acceptors (Lipinski definition) is 3. The number of nitrogens with zero attached hydrogens (tertiary/aromatic N) is 2. The molecule has 1 atom stereocenters. The summed E-state index contributed by atoms with van der Waals surface area (Å²) in [7, 11) is 0. The van der Waals surface area contributed by atoms with Crippen LogP contribution in [0, 0.1) is 0 Å². The third kappa shape index (κ3) is 2.49. The molecular formula is C15H18N2O2. The highest BCUT2D eigenvalue weighted by Crippen LogP contribution is 2.37. The Hall–Kier alpha value is -1.81. The molecule has 3 rings (SSSR count). The molecule has 1 aromatic carbocycles. The molecule has 100 valence electrons. The Morgan fingerprint density at radius 3 is 2.74 bits per heavy atom. The van der Waals surface area contributed by atoms with Crippen LogP contribution in [-0.4, -0.2) is 21.3 Å². The standard InChI is InChI=1S/C15H18N2O2/c1-2-19-13-7-3-11(4-8-13)15(18)14-9-16-10-17(14)12-5-6-12/h3-4,7-10,12,15,18H,2,5-6H2,1H3. The number of benzene rings is 1. The van der Waals surface area contributed by atoms with E-state index in [0.717, 1.165) is 17.0 Å². The van der Waals surface area contributed by atoms with Crippen LogP contribution in [0.25, 0.3) is 0 Å². The van der Waals surface area contributed by atoms with Crippen LogP contribution in [0.15, 0.2) is 36.8 Å². The second kappa shape index (κ2) is 5.05. The topological polar surface area (TPSA) is 47.3 Å². The minimum absolute atomic E-state index is 0.523. The first kappa shape index (κ1) is 12.2. The summed E-state index contributed by atoms with van der Waals surface area (Å²) >= 11 is 0. The highest BCUT2D eigenvalue weighted by Gasteiger charge is 2.27. The van der Waals surface area contributed by atoms with Crippen LogP contribution in [0.1, 0.15) is 43.2 Å². The quantitative estimate of drug-likeness (QED) is 0.897. The molecule has 2 aromatic rings. The molecule has 0 amide bonds. The average Bonchev–Trinajstić information content (AvgIpc) is 3.17. The maximum absolute atomic E-state index is 10.5. The zero-order valence-electron chi connectivity index (χ0n) is 11.0. The van der Waals surface area contributed by atoms with Crippen LogP contribution < -0.4 is 4.74 Å². The highest BCUT2D eigenvalue weighted by molar-refractivity contribution is 5.32. The van der Waals surface area contributed by atoms with Gasteiger partial charge in [-0.25, -0.2) is 4.98 Å². The van der Waals surface area contributed by atoms with Crippen molar-refractivity contribution in [1.82, 2.24) is 9.55 Å². The van der Waals surface area contributed by atoms with Crippen LogP contribution in [-0.2, 0) is 0 Å². The summed E-state index contributed by atoms with van der Waals surface area (Å²) < 4.78 is 7.49. The number of aromatic nitrogens is 2. The van der Waals surface area contributed by atoms with E-state index in [0.29, 0.717) is 12.6 Å². The Kier molecular flexibility index (Phi) is 3.25. The maximum Gasteiger partial charge on any atom is 0.121 e. The van der Waals surface area contributed by atoms with Gasteiger partial charge in [-0.1, -0.05) is 12.1 Å². The van der Waals surface area contributed by atoms with Crippen molar-refractivity contribution in [3.63, 3.8) is 0 Å². The Morgan fingerprint density at radius 1 is 1.37 bits per heavy atom. The number of aliphatic hydroxyl groups excluding tert-OH is 1. The molecule has 0 aliphatic heterocycles. The molecule has 1 aliphatic rings. The summed E-state index contributed by atoms with van der Waals surface area (Å²) in [5, 5.41) is 10.5. The smallest absolute Gasteiger partial charge is 0.121 e. The van der Waals surface area contributed by atoms with E-state index in [-0.39, 0.29) is 0 Å². The van der Waals surface area contributed by atoms with Crippen LogP contribution in [0.5, 0.6) is 5.75 Å². The zero-order chi connectivity index (χ0) is 13.2. The van der Waals surface area contributed by atoms with Crippen molar-refractivity contribution in [1.29, 1.82) is 0 Å². The second-order valence-electron chi connectivity index (χ2n) is 4.86. The van der Waals surface area contributed by atoms with E-state index in [2.05, 4.69) is 9.55 Å². The molecule has 1 fully saturated rings. The molecule has 0 bridgehead atoms. The molecule has 1 aliphatic carbocycles. The van der Waals surface area contributed by atoms with Gasteiger partial charge in [0.1, 0.15) is 11.9 Å². The molecule has 0 spiro atoms. The molecule has 1 saturated carbocycles. The van der Waals surface area contributed by atoms with Gasteiger partial charge >= 0.3 is 0 Å². The SMILES string of the molecule is CCOc1ccc(C(O)c2cncn2C2CC2)cc1. The van der Waals surface area contributed by atoms with Gasteiger partial charge in [0.05, 0.1) is 24.8 Å². The van der Waals surface area contributed by atoms with Crippen molar-refractivity contribution < 1.29 is 9.84 Å². The van der Waals surface area contributed by atoms with Crippen molar-refractivity contribution in [3.05, 3.63) is 48.0 Å². The number of imidazole rings is 1. The predicted octanol–water partition coefficient (Wildman–Crippen LogP) is 2.70. The van der Waals surface area contributed by atoms with E-state index in [1.165, 1.54) is 12.8 Å². The molecule has 0 saturated heterocycles.